The van der Waals surface area contributed by atoms with Crippen LogP contribution >= 0.6 is 0 Å². The Morgan fingerprint density at radius 3 is 1.59 bits per heavy atom. The van der Waals surface area contributed by atoms with Gasteiger partial charge in [0.2, 0.25) is 0 Å². The largest absolute Gasteiger partial charge is 0.0622 e. The minimum absolute atomic E-state index is 1.28. The monoisotopic (exact) mass is 436 g/mol. The molecule has 0 bridgehead atoms. The van der Waals surface area contributed by atoms with Gasteiger partial charge in [-0.3, -0.25) is 0 Å². The zero-order chi connectivity index (χ0) is 23.3. The number of benzene rings is 6. The molecule has 0 saturated carbocycles. The van der Waals surface area contributed by atoms with Crippen LogP contribution in [0, 0.1) is 13.8 Å². The van der Waals surface area contributed by atoms with E-state index < -0.39 is 0 Å². The third-order valence-electron chi connectivity index (χ3n) is 6.21. The summed E-state index contributed by atoms with van der Waals surface area (Å²) in [7, 11) is 0. The molecule has 0 spiro atoms. The van der Waals surface area contributed by atoms with Crippen molar-refractivity contribution in [3.05, 3.63) is 145 Å². The fourth-order valence-electron chi connectivity index (χ4n) is 4.59. The molecule has 164 valence electrons. The Morgan fingerprint density at radius 1 is 0.353 bits per heavy atom. The lowest BCUT2D eigenvalue weighted by molar-refractivity contribution is 1.50. The Labute approximate surface area is 202 Å². The molecule has 34 heavy (non-hydrogen) atoms. The van der Waals surface area contributed by atoms with Crippen LogP contribution < -0.4 is 0 Å². The van der Waals surface area contributed by atoms with Crippen molar-refractivity contribution >= 4 is 21.5 Å². The van der Waals surface area contributed by atoms with Crippen LogP contribution in [-0.2, 0) is 0 Å². The van der Waals surface area contributed by atoms with E-state index in [4.69, 9.17) is 0 Å². The molecule has 0 aliphatic rings. The fraction of sp³-hybridized carbons (Fsp3) is 0.0588. The predicted octanol–water partition coefficient (Wildman–Crippen LogP) is 9.63. The van der Waals surface area contributed by atoms with Crippen LogP contribution in [0.5, 0.6) is 0 Å². The number of hydrogen-bond acceptors (Lipinski definition) is 0. The maximum atomic E-state index is 2.26. The molecule has 6 aromatic rings. The van der Waals surface area contributed by atoms with E-state index >= 15 is 0 Å². The lowest BCUT2D eigenvalue weighted by Gasteiger charge is -2.08. The molecule has 0 amide bonds. The Morgan fingerprint density at radius 2 is 0.882 bits per heavy atom. The van der Waals surface area contributed by atoms with Gasteiger partial charge in [0, 0.05) is 0 Å². The average Bonchev–Trinajstić information content (AvgIpc) is 2.89. The molecule has 0 nitrogen and oxygen atoms in total. The minimum atomic E-state index is 1.28. The first-order valence-electron chi connectivity index (χ1n) is 11.8. The van der Waals surface area contributed by atoms with Gasteiger partial charge in [0.25, 0.3) is 0 Å². The van der Waals surface area contributed by atoms with E-state index in [1.807, 2.05) is 0 Å². The zero-order valence-electron chi connectivity index (χ0n) is 19.7. The fourth-order valence-corrected chi connectivity index (χ4v) is 4.59. The van der Waals surface area contributed by atoms with Gasteiger partial charge in [-0.15, -0.1) is 0 Å². The molecule has 0 radical (unpaired) electrons. The molecule has 0 heteroatoms. The van der Waals surface area contributed by atoms with E-state index in [0.29, 0.717) is 0 Å². The Bertz CT molecular complexity index is 1530. The van der Waals surface area contributed by atoms with E-state index in [2.05, 4.69) is 147 Å². The maximum Gasteiger partial charge on any atom is -0.0103 e. The van der Waals surface area contributed by atoms with Crippen LogP contribution in [0.2, 0.25) is 0 Å². The van der Waals surface area contributed by atoms with Crippen LogP contribution in [0.1, 0.15) is 11.1 Å². The van der Waals surface area contributed by atoms with Crippen molar-refractivity contribution in [3.63, 3.8) is 0 Å². The SMILES string of the molecule is Cc1cc(-c2ccccc2)c2ccccc2c1.Cc1ccc2c(-c3ccccc3)cccc2c1. The molecule has 0 heterocycles. The first-order chi connectivity index (χ1) is 16.7. The second kappa shape index (κ2) is 9.77. The van der Waals surface area contributed by atoms with Crippen LogP contribution in [0.4, 0.5) is 0 Å². The van der Waals surface area contributed by atoms with Gasteiger partial charge in [0.05, 0.1) is 0 Å². The molecule has 0 atom stereocenters. The highest BCUT2D eigenvalue weighted by Crippen LogP contribution is 2.30. The van der Waals surface area contributed by atoms with E-state index in [0.717, 1.165) is 0 Å². The molecular formula is C34H28. The summed E-state index contributed by atoms with van der Waals surface area (Å²) in [5, 5.41) is 5.27. The van der Waals surface area contributed by atoms with Crippen molar-refractivity contribution < 1.29 is 0 Å². The molecule has 6 aromatic carbocycles. The van der Waals surface area contributed by atoms with E-state index in [1.165, 1.54) is 54.9 Å². The van der Waals surface area contributed by atoms with E-state index in [1.54, 1.807) is 0 Å². The van der Waals surface area contributed by atoms with Gasteiger partial charge in [-0.1, -0.05) is 139 Å². The van der Waals surface area contributed by atoms with E-state index in [-0.39, 0.29) is 0 Å². The van der Waals surface area contributed by atoms with Gasteiger partial charge < -0.3 is 0 Å². The zero-order valence-corrected chi connectivity index (χ0v) is 19.7. The minimum Gasteiger partial charge on any atom is -0.0622 e. The first kappa shape index (κ1) is 21.7. The number of hydrogen-bond donors (Lipinski definition) is 0. The molecule has 0 aromatic heterocycles. The number of aryl methyl sites for hydroxylation is 2. The quantitative estimate of drug-likeness (QED) is 0.253. The van der Waals surface area contributed by atoms with Crippen molar-refractivity contribution in [3.8, 4) is 22.3 Å². The predicted molar refractivity (Wildman–Crippen MR) is 148 cm³/mol. The summed E-state index contributed by atoms with van der Waals surface area (Å²) in [6, 6.07) is 47.3. The molecule has 0 saturated heterocycles. The molecule has 0 fully saturated rings. The second-order valence-electron chi connectivity index (χ2n) is 8.80. The lowest BCUT2D eigenvalue weighted by atomic mass is 9.96. The molecular weight excluding hydrogens is 408 g/mol. The van der Waals surface area contributed by atoms with Gasteiger partial charge in [0.15, 0.2) is 0 Å². The van der Waals surface area contributed by atoms with E-state index in [9.17, 15) is 0 Å². The summed E-state index contributed by atoms with van der Waals surface area (Å²) in [6.07, 6.45) is 0. The molecule has 0 unspecified atom stereocenters. The van der Waals surface area contributed by atoms with Gasteiger partial charge in [-0.25, -0.2) is 0 Å². The van der Waals surface area contributed by atoms with Gasteiger partial charge >= 0.3 is 0 Å². The van der Waals surface area contributed by atoms with Crippen molar-refractivity contribution in [1.82, 2.24) is 0 Å². The van der Waals surface area contributed by atoms with Gasteiger partial charge in [-0.05, 0) is 63.2 Å². The topological polar surface area (TPSA) is 0 Å². The van der Waals surface area contributed by atoms with Crippen LogP contribution in [-0.4, -0.2) is 0 Å². The van der Waals surface area contributed by atoms with Gasteiger partial charge in [0.1, 0.15) is 0 Å². The van der Waals surface area contributed by atoms with Crippen molar-refractivity contribution in [1.29, 1.82) is 0 Å². The lowest BCUT2D eigenvalue weighted by Crippen LogP contribution is -1.83. The summed E-state index contributed by atoms with van der Waals surface area (Å²) in [5.41, 5.74) is 7.81. The standard InChI is InChI=1S/2C17H14/c1-13-11-15-9-5-6-10-16(15)17(12-13)14-7-3-2-4-8-14;1-13-10-11-17-15(12-13)8-5-9-16(17)14-6-3-2-4-7-14/h2*2-12H,1H3. The summed E-state index contributed by atoms with van der Waals surface area (Å²) < 4.78 is 0. The number of fused-ring (bicyclic) bond motifs is 2. The van der Waals surface area contributed by atoms with Crippen molar-refractivity contribution in [2.24, 2.45) is 0 Å². The highest BCUT2D eigenvalue weighted by Gasteiger charge is 2.04. The van der Waals surface area contributed by atoms with Crippen LogP contribution in [0.15, 0.2) is 133 Å². The van der Waals surface area contributed by atoms with Crippen LogP contribution in [0.3, 0.4) is 0 Å². The normalized spacial score (nSPS) is 10.6. The average molecular weight is 437 g/mol. The van der Waals surface area contributed by atoms with Crippen molar-refractivity contribution in [2.45, 2.75) is 13.8 Å². The molecule has 0 aliphatic carbocycles. The highest BCUT2D eigenvalue weighted by molar-refractivity contribution is 5.98. The Balaban J connectivity index is 0.000000142. The van der Waals surface area contributed by atoms with Crippen molar-refractivity contribution in [2.75, 3.05) is 0 Å². The summed E-state index contributed by atoms with van der Waals surface area (Å²) >= 11 is 0. The maximum absolute atomic E-state index is 2.26. The smallest absolute Gasteiger partial charge is 0.0103 e. The first-order valence-corrected chi connectivity index (χ1v) is 11.8. The van der Waals surface area contributed by atoms with Gasteiger partial charge in [-0.2, -0.15) is 0 Å². The number of rotatable bonds is 2. The summed E-state index contributed by atoms with van der Waals surface area (Å²) in [4.78, 5) is 0. The molecule has 6 rings (SSSR count). The third kappa shape index (κ3) is 4.63. The Kier molecular flexibility index (Phi) is 6.23. The highest BCUT2D eigenvalue weighted by atomic mass is 14.1. The summed E-state index contributed by atoms with van der Waals surface area (Å²) in [6.45, 7) is 4.29. The third-order valence-corrected chi connectivity index (χ3v) is 6.21. The second-order valence-corrected chi connectivity index (χ2v) is 8.80. The molecule has 0 aliphatic heterocycles. The Hall–Kier alpha value is -4.16. The molecule has 0 N–H and O–H groups in total. The van der Waals surface area contributed by atoms with Crippen LogP contribution in [0.25, 0.3) is 43.8 Å². The summed E-state index contributed by atoms with van der Waals surface area (Å²) in [5.74, 6) is 0.